The predicted octanol–water partition coefficient (Wildman–Crippen LogP) is 2.62. The molecule has 1 heterocycles. The van der Waals surface area contributed by atoms with E-state index >= 15 is 0 Å². The highest BCUT2D eigenvalue weighted by atomic mass is 15.0. The van der Waals surface area contributed by atoms with Gasteiger partial charge in [0.05, 0.1) is 17.4 Å². The van der Waals surface area contributed by atoms with Crippen molar-refractivity contribution in [2.45, 2.75) is 26.8 Å². The Hall–Kier alpha value is -1.31. The first-order chi connectivity index (χ1) is 6.35. The number of fused-ring (bicyclic) bond motifs is 1. The topological polar surface area (TPSA) is 17.8 Å². The molecule has 0 atom stereocenters. The second-order valence-corrected chi connectivity index (χ2v) is 3.21. The van der Waals surface area contributed by atoms with Crippen LogP contribution in [0.3, 0.4) is 0 Å². The van der Waals surface area contributed by atoms with Gasteiger partial charge in [-0.3, -0.25) is 0 Å². The molecular weight excluding hydrogens is 160 g/mol. The van der Waals surface area contributed by atoms with Crippen molar-refractivity contribution in [1.82, 2.24) is 9.55 Å². The summed E-state index contributed by atoms with van der Waals surface area (Å²) in [4.78, 5) is 4.36. The summed E-state index contributed by atoms with van der Waals surface area (Å²) < 4.78 is 2.16. The van der Waals surface area contributed by atoms with E-state index in [1.54, 1.807) is 0 Å². The van der Waals surface area contributed by atoms with E-state index in [0.717, 1.165) is 18.5 Å². The van der Waals surface area contributed by atoms with Crippen LogP contribution in [0.1, 0.15) is 19.4 Å². The Labute approximate surface area is 78.2 Å². The largest absolute Gasteiger partial charge is 0.331 e. The van der Waals surface area contributed by atoms with Gasteiger partial charge in [-0.05, 0) is 31.0 Å². The Morgan fingerprint density at radius 3 is 2.85 bits per heavy atom. The van der Waals surface area contributed by atoms with Crippen LogP contribution in [-0.4, -0.2) is 9.55 Å². The van der Waals surface area contributed by atoms with E-state index in [1.807, 2.05) is 6.33 Å². The molecule has 0 radical (unpaired) electrons. The third-order valence-electron chi connectivity index (χ3n) is 2.43. The highest BCUT2D eigenvalue weighted by Crippen LogP contribution is 2.14. The normalized spacial score (nSPS) is 10.9. The van der Waals surface area contributed by atoms with Gasteiger partial charge in [0.2, 0.25) is 0 Å². The number of rotatable bonds is 2. The number of aryl methyl sites for hydroxylation is 2. The molecule has 2 nitrogen and oxygen atoms in total. The third-order valence-corrected chi connectivity index (χ3v) is 2.43. The summed E-state index contributed by atoms with van der Waals surface area (Å²) in [6.45, 7) is 5.29. The SMILES string of the molecule is CCc1ccc2c(c1)ncn2CC. The molecule has 2 rings (SSSR count). The monoisotopic (exact) mass is 174 g/mol. The molecule has 0 bridgehead atoms. The Kier molecular flexibility index (Phi) is 2.05. The van der Waals surface area contributed by atoms with Crippen LogP contribution in [0.25, 0.3) is 11.0 Å². The van der Waals surface area contributed by atoms with E-state index in [-0.39, 0.29) is 0 Å². The molecule has 1 aromatic carbocycles. The minimum absolute atomic E-state index is 0.988. The molecule has 0 aliphatic carbocycles. The van der Waals surface area contributed by atoms with E-state index in [0.29, 0.717) is 0 Å². The fourth-order valence-electron chi connectivity index (χ4n) is 1.58. The fourth-order valence-corrected chi connectivity index (χ4v) is 1.58. The van der Waals surface area contributed by atoms with Gasteiger partial charge in [0.1, 0.15) is 0 Å². The lowest BCUT2D eigenvalue weighted by molar-refractivity contribution is 0.787. The van der Waals surface area contributed by atoms with Crippen LogP contribution in [0.2, 0.25) is 0 Å². The molecule has 1 aromatic heterocycles. The van der Waals surface area contributed by atoms with Crippen LogP contribution in [0.15, 0.2) is 24.5 Å². The van der Waals surface area contributed by atoms with Gasteiger partial charge in [-0.1, -0.05) is 13.0 Å². The van der Waals surface area contributed by atoms with E-state index < -0.39 is 0 Å². The van der Waals surface area contributed by atoms with Crippen molar-refractivity contribution >= 4 is 11.0 Å². The minimum Gasteiger partial charge on any atom is -0.331 e. The van der Waals surface area contributed by atoms with Crippen molar-refractivity contribution in [3.8, 4) is 0 Å². The van der Waals surface area contributed by atoms with Crippen LogP contribution in [0.5, 0.6) is 0 Å². The van der Waals surface area contributed by atoms with E-state index in [4.69, 9.17) is 0 Å². The zero-order chi connectivity index (χ0) is 9.26. The second kappa shape index (κ2) is 3.21. The van der Waals surface area contributed by atoms with Gasteiger partial charge < -0.3 is 4.57 Å². The van der Waals surface area contributed by atoms with E-state index in [2.05, 4.69) is 41.6 Å². The summed E-state index contributed by atoms with van der Waals surface area (Å²) in [5, 5.41) is 0. The van der Waals surface area contributed by atoms with E-state index in [9.17, 15) is 0 Å². The summed E-state index contributed by atoms with van der Waals surface area (Å²) in [5.41, 5.74) is 3.70. The predicted molar refractivity (Wildman–Crippen MR) is 54.8 cm³/mol. The van der Waals surface area contributed by atoms with Crippen molar-refractivity contribution in [2.24, 2.45) is 0 Å². The average molecular weight is 174 g/mol. The molecule has 2 heteroatoms. The Morgan fingerprint density at radius 2 is 2.15 bits per heavy atom. The molecule has 0 amide bonds. The van der Waals surface area contributed by atoms with Crippen LogP contribution < -0.4 is 0 Å². The molecule has 13 heavy (non-hydrogen) atoms. The Balaban J connectivity index is 2.61. The molecule has 0 saturated carbocycles. The number of hydrogen-bond acceptors (Lipinski definition) is 1. The molecule has 0 spiro atoms. The standard InChI is InChI=1S/C11H14N2/c1-3-9-5-6-11-10(7-9)12-8-13(11)4-2/h5-8H,3-4H2,1-2H3. The minimum atomic E-state index is 0.988. The van der Waals surface area contributed by atoms with Crippen LogP contribution >= 0.6 is 0 Å². The zero-order valence-electron chi connectivity index (χ0n) is 8.12. The second-order valence-electron chi connectivity index (χ2n) is 3.21. The lowest BCUT2D eigenvalue weighted by atomic mass is 10.1. The smallest absolute Gasteiger partial charge is 0.0958 e. The van der Waals surface area contributed by atoms with E-state index in [1.165, 1.54) is 11.1 Å². The average Bonchev–Trinajstić information content (AvgIpc) is 2.59. The Morgan fingerprint density at radius 1 is 1.31 bits per heavy atom. The number of nitrogens with zero attached hydrogens (tertiary/aromatic N) is 2. The van der Waals surface area contributed by atoms with Crippen LogP contribution in [0.4, 0.5) is 0 Å². The lowest BCUT2D eigenvalue weighted by Gasteiger charge is -1.99. The van der Waals surface area contributed by atoms with Crippen LogP contribution in [0, 0.1) is 0 Å². The molecule has 0 N–H and O–H groups in total. The Bertz CT molecular complexity index is 415. The first-order valence-corrected chi connectivity index (χ1v) is 4.79. The molecule has 2 aromatic rings. The van der Waals surface area contributed by atoms with Crippen molar-refractivity contribution in [1.29, 1.82) is 0 Å². The van der Waals surface area contributed by atoms with Crippen LogP contribution in [-0.2, 0) is 13.0 Å². The molecule has 0 aliphatic rings. The summed E-state index contributed by atoms with van der Waals surface area (Å²) in [5.74, 6) is 0. The van der Waals surface area contributed by atoms with Gasteiger partial charge in [-0.15, -0.1) is 0 Å². The number of imidazole rings is 1. The highest BCUT2D eigenvalue weighted by Gasteiger charge is 2.00. The molecule has 68 valence electrons. The van der Waals surface area contributed by atoms with Crippen molar-refractivity contribution < 1.29 is 0 Å². The van der Waals surface area contributed by atoms with Gasteiger partial charge in [-0.2, -0.15) is 0 Å². The van der Waals surface area contributed by atoms with Gasteiger partial charge in [-0.25, -0.2) is 4.98 Å². The molecule has 0 aliphatic heterocycles. The summed E-state index contributed by atoms with van der Waals surface area (Å²) in [6.07, 6.45) is 2.99. The fraction of sp³-hybridized carbons (Fsp3) is 0.364. The summed E-state index contributed by atoms with van der Waals surface area (Å²) >= 11 is 0. The maximum atomic E-state index is 4.36. The van der Waals surface area contributed by atoms with Crippen molar-refractivity contribution in [3.05, 3.63) is 30.1 Å². The van der Waals surface area contributed by atoms with Gasteiger partial charge in [0.25, 0.3) is 0 Å². The first kappa shape index (κ1) is 8.30. The number of hydrogen-bond donors (Lipinski definition) is 0. The molecular formula is C11H14N2. The van der Waals surface area contributed by atoms with Gasteiger partial charge in [0.15, 0.2) is 0 Å². The first-order valence-electron chi connectivity index (χ1n) is 4.79. The van der Waals surface area contributed by atoms with Crippen molar-refractivity contribution in [3.63, 3.8) is 0 Å². The third kappa shape index (κ3) is 1.32. The highest BCUT2D eigenvalue weighted by molar-refractivity contribution is 5.76. The molecule has 0 unspecified atom stereocenters. The maximum absolute atomic E-state index is 4.36. The van der Waals surface area contributed by atoms with Gasteiger partial charge >= 0.3 is 0 Å². The summed E-state index contributed by atoms with van der Waals surface area (Å²) in [6, 6.07) is 6.50. The number of aromatic nitrogens is 2. The van der Waals surface area contributed by atoms with Crippen molar-refractivity contribution in [2.75, 3.05) is 0 Å². The number of benzene rings is 1. The maximum Gasteiger partial charge on any atom is 0.0958 e. The zero-order valence-corrected chi connectivity index (χ0v) is 8.12. The quantitative estimate of drug-likeness (QED) is 0.684. The van der Waals surface area contributed by atoms with Gasteiger partial charge in [0, 0.05) is 6.54 Å². The molecule has 0 fully saturated rings. The lowest BCUT2D eigenvalue weighted by Crippen LogP contribution is -1.90. The molecule has 0 saturated heterocycles. The summed E-state index contributed by atoms with van der Waals surface area (Å²) in [7, 11) is 0.